The summed E-state index contributed by atoms with van der Waals surface area (Å²) < 4.78 is 0. The van der Waals surface area contributed by atoms with Gasteiger partial charge in [0.25, 0.3) is 0 Å². The molecule has 0 aromatic heterocycles. The molecule has 0 aliphatic heterocycles. The molecule has 1 unspecified atom stereocenters. The number of hydrogen-bond acceptors (Lipinski definition) is 1. The Hall–Kier alpha value is 0.0239. The first kappa shape index (κ1) is 37.9. The Kier molecular flexibility index (Phi) is 56.6. The van der Waals surface area contributed by atoms with Crippen molar-refractivity contribution in [1.82, 2.24) is 0 Å². The van der Waals surface area contributed by atoms with Crippen LogP contribution in [0.5, 0.6) is 0 Å². The Morgan fingerprint density at radius 3 is 1.91 bits per heavy atom. The molecule has 131 valence electrons. The SMILES string of the molecule is C.C.C.C.C=CC(C/C=C/CC/C=C/C)CC/C=C\CO.[Y]. The van der Waals surface area contributed by atoms with Gasteiger partial charge in [0, 0.05) is 32.7 Å². The van der Waals surface area contributed by atoms with E-state index in [0.29, 0.717) is 5.92 Å². The van der Waals surface area contributed by atoms with Gasteiger partial charge >= 0.3 is 0 Å². The topological polar surface area (TPSA) is 20.2 Å². The molecule has 1 nitrogen and oxygen atoms in total. The van der Waals surface area contributed by atoms with E-state index in [-0.39, 0.29) is 69.0 Å². The summed E-state index contributed by atoms with van der Waals surface area (Å²) in [6.07, 6.45) is 20.1. The van der Waals surface area contributed by atoms with E-state index in [2.05, 4.69) is 37.8 Å². The van der Waals surface area contributed by atoms with E-state index >= 15 is 0 Å². The van der Waals surface area contributed by atoms with Gasteiger partial charge in [-0.2, -0.15) is 0 Å². The third-order valence-electron chi connectivity index (χ3n) is 2.65. The Morgan fingerprint density at radius 2 is 1.41 bits per heavy atom. The number of rotatable bonds is 10. The van der Waals surface area contributed by atoms with Crippen molar-refractivity contribution >= 4 is 0 Å². The summed E-state index contributed by atoms with van der Waals surface area (Å²) in [5.74, 6) is 0.552. The van der Waals surface area contributed by atoms with Crippen LogP contribution in [0.1, 0.15) is 68.7 Å². The molecule has 0 saturated heterocycles. The summed E-state index contributed by atoms with van der Waals surface area (Å²) in [5, 5.41) is 8.61. The van der Waals surface area contributed by atoms with Crippen LogP contribution in [0.25, 0.3) is 0 Å². The van der Waals surface area contributed by atoms with Gasteiger partial charge in [0.15, 0.2) is 0 Å². The summed E-state index contributed by atoms with van der Waals surface area (Å²) >= 11 is 0. The van der Waals surface area contributed by atoms with Crippen LogP contribution in [0.15, 0.2) is 49.1 Å². The minimum Gasteiger partial charge on any atom is -0.392 e. The third kappa shape index (κ3) is 28.2. The zero-order valence-electron chi connectivity index (χ0n) is 11.6. The molecule has 0 fully saturated rings. The van der Waals surface area contributed by atoms with E-state index in [1.165, 1.54) is 0 Å². The van der Waals surface area contributed by atoms with E-state index in [4.69, 9.17) is 5.11 Å². The molecular weight excluding hydrogens is 345 g/mol. The molecule has 0 aromatic rings. The van der Waals surface area contributed by atoms with Gasteiger partial charge < -0.3 is 5.11 Å². The molecule has 1 atom stereocenters. The fourth-order valence-electron chi connectivity index (χ4n) is 1.58. The minimum atomic E-state index is 0. The van der Waals surface area contributed by atoms with Crippen LogP contribution in [0.4, 0.5) is 0 Å². The maximum absolute atomic E-state index is 8.61. The largest absolute Gasteiger partial charge is 0.392 e. The van der Waals surface area contributed by atoms with Crippen LogP contribution >= 0.6 is 0 Å². The van der Waals surface area contributed by atoms with E-state index in [1.807, 2.05) is 12.2 Å². The number of allylic oxidation sites excluding steroid dienone is 6. The van der Waals surface area contributed by atoms with Gasteiger partial charge in [-0.1, -0.05) is 72.2 Å². The van der Waals surface area contributed by atoms with Crippen molar-refractivity contribution in [1.29, 1.82) is 0 Å². The van der Waals surface area contributed by atoms with Crippen molar-refractivity contribution in [2.45, 2.75) is 68.7 Å². The van der Waals surface area contributed by atoms with Gasteiger partial charge in [-0.15, -0.1) is 6.58 Å². The number of hydrogen-bond donors (Lipinski definition) is 1. The van der Waals surface area contributed by atoms with Crippen molar-refractivity contribution in [2.75, 3.05) is 6.61 Å². The molecule has 0 aliphatic rings. The average Bonchev–Trinajstić information content (AvgIpc) is 2.36. The first-order valence-electron chi connectivity index (χ1n) is 6.49. The van der Waals surface area contributed by atoms with Crippen LogP contribution in [0.2, 0.25) is 0 Å². The van der Waals surface area contributed by atoms with Crippen molar-refractivity contribution in [2.24, 2.45) is 5.92 Å². The van der Waals surface area contributed by atoms with Crippen molar-refractivity contribution < 1.29 is 37.8 Å². The number of aliphatic hydroxyl groups excluding tert-OH is 1. The molecule has 0 heterocycles. The van der Waals surface area contributed by atoms with E-state index in [9.17, 15) is 0 Å². The summed E-state index contributed by atoms with van der Waals surface area (Å²) in [7, 11) is 0. The zero-order chi connectivity index (χ0) is 12.8. The second-order valence-electron chi connectivity index (χ2n) is 4.08. The smallest absolute Gasteiger partial charge is 0.0612 e. The molecule has 0 spiro atoms. The second kappa shape index (κ2) is 32.8. The molecule has 0 saturated carbocycles. The Morgan fingerprint density at radius 1 is 0.864 bits per heavy atom. The number of unbranched alkanes of at least 4 members (excludes halogenated alkanes) is 1. The van der Waals surface area contributed by atoms with Crippen molar-refractivity contribution in [3.63, 3.8) is 0 Å². The van der Waals surface area contributed by atoms with Crippen molar-refractivity contribution in [3.8, 4) is 0 Å². The van der Waals surface area contributed by atoms with Crippen LogP contribution in [0.3, 0.4) is 0 Å². The monoisotopic (exact) mass is 387 g/mol. The molecule has 1 N–H and O–H groups in total. The molecule has 1 radical (unpaired) electrons. The van der Waals surface area contributed by atoms with Gasteiger partial charge in [0.05, 0.1) is 6.61 Å². The number of aliphatic hydroxyl groups is 1. The molecule has 2 heteroatoms. The maximum Gasteiger partial charge on any atom is 0.0612 e. The molecule has 0 amide bonds. The maximum atomic E-state index is 8.61. The van der Waals surface area contributed by atoms with E-state index in [1.54, 1.807) is 6.08 Å². The molecule has 0 aromatic carbocycles. The fourth-order valence-corrected chi connectivity index (χ4v) is 1.58. The second-order valence-corrected chi connectivity index (χ2v) is 4.08. The Labute approximate surface area is 167 Å². The van der Waals surface area contributed by atoms with E-state index < -0.39 is 0 Å². The standard InChI is InChI=1S/C16H26O.4CH4.Y/c1-3-5-6-7-8-10-13-16(4-2)14-11-9-12-15-17;;;;;/h3-5,8-10,12,16-17H,2,6-7,11,13-15H2,1H3;4*1H4;/b5-3+,10-8+,12-9-;;;;;. The predicted octanol–water partition coefficient (Wildman–Crippen LogP) is 6.96. The molecule has 0 bridgehead atoms. The molecule has 22 heavy (non-hydrogen) atoms. The first-order valence-corrected chi connectivity index (χ1v) is 6.49. The van der Waals surface area contributed by atoms with Gasteiger partial charge in [-0.3, -0.25) is 0 Å². The van der Waals surface area contributed by atoms with E-state index in [0.717, 1.165) is 32.1 Å². The minimum absolute atomic E-state index is 0. The van der Waals surface area contributed by atoms with Gasteiger partial charge in [0.2, 0.25) is 0 Å². The molecule has 0 rings (SSSR count). The van der Waals surface area contributed by atoms with Crippen LogP contribution in [0, 0.1) is 5.92 Å². The van der Waals surface area contributed by atoms with Gasteiger partial charge in [0.1, 0.15) is 0 Å². The summed E-state index contributed by atoms with van der Waals surface area (Å²) in [4.78, 5) is 0. The summed E-state index contributed by atoms with van der Waals surface area (Å²) in [5.41, 5.74) is 0. The summed E-state index contributed by atoms with van der Waals surface area (Å²) in [6.45, 7) is 6.07. The predicted molar refractivity (Wildman–Crippen MR) is 104 cm³/mol. The normalized spacial score (nSPS) is 10.8. The zero-order valence-corrected chi connectivity index (χ0v) is 14.4. The van der Waals surface area contributed by atoms with Gasteiger partial charge in [-0.25, -0.2) is 0 Å². The molecular formula is C20H42OY. The third-order valence-corrected chi connectivity index (χ3v) is 2.65. The van der Waals surface area contributed by atoms with Crippen LogP contribution in [-0.2, 0) is 32.7 Å². The Bertz CT molecular complexity index is 254. The van der Waals surface area contributed by atoms with Crippen LogP contribution < -0.4 is 0 Å². The Balaban J connectivity index is -0.000000128. The van der Waals surface area contributed by atoms with Crippen LogP contribution in [-0.4, -0.2) is 11.7 Å². The quantitative estimate of drug-likeness (QED) is 0.317. The van der Waals surface area contributed by atoms with Crippen molar-refractivity contribution in [3.05, 3.63) is 49.1 Å². The summed E-state index contributed by atoms with van der Waals surface area (Å²) in [6, 6.07) is 0. The molecule has 0 aliphatic carbocycles. The van der Waals surface area contributed by atoms with Gasteiger partial charge in [-0.05, 0) is 44.9 Å². The fraction of sp³-hybridized carbons (Fsp3) is 0.600. The average molecular weight is 387 g/mol. The first-order chi connectivity index (χ1) is 8.35.